The molecule has 0 spiro atoms. The van der Waals surface area contributed by atoms with E-state index in [0.717, 1.165) is 17.8 Å². The first-order valence-corrected chi connectivity index (χ1v) is 9.15. The number of benzene rings is 1. The van der Waals surface area contributed by atoms with Crippen molar-refractivity contribution >= 4 is 5.91 Å². The maximum Gasteiger partial charge on any atom is 0.258 e. The molecule has 1 aliphatic carbocycles. The number of aryl methyl sites for hydroxylation is 2. The lowest BCUT2D eigenvalue weighted by Crippen LogP contribution is -2.36. The first kappa shape index (κ1) is 18.7. The monoisotopic (exact) mass is 364 g/mol. The molecule has 3 rings (SSSR count). The highest BCUT2D eigenvalue weighted by atomic mass is 16.5. The van der Waals surface area contributed by atoms with Gasteiger partial charge < -0.3 is 10.1 Å². The van der Waals surface area contributed by atoms with Gasteiger partial charge in [-0.1, -0.05) is 30.4 Å². The van der Waals surface area contributed by atoms with Gasteiger partial charge in [-0.2, -0.15) is 10.4 Å². The number of aromatic nitrogens is 2. The Morgan fingerprint density at radius 3 is 2.85 bits per heavy atom. The third kappa shape index (κ3) is 4.56. The van der Waals surface area contributed by atoms with Crippen LogP contribution in [0.3, 0.4) is 0 Å². The molecule has 1 N–H and O–H groups in total. The van der Waals surface area contributed by atoms with Crippen LogP contribution in [-0.4, -0.2) is 28.3 Å². The molecule has 140 valence electrons. The molecule has 0 fully saturated rings. The van der Waals surface area contributed by atoms with Crippen LogP contribution in [0.15, 0.2) is 42.5 Å². The van der Waals surface area contributed by atoms with E-state index in [1.807, 2.05) is 54.9 Å². The van der Waals surface area contributed by atoms with Crippen LogP contribution in [0.2, 0.25) is 0 Å². The number of ether oxygens (including phenoxy) is 1. The Hall–Kier alpha value is -3.07. The largest absolute Gasteiger partial charge is 0.484 e. The molecule has 6 nitrogen and oxygen atoms in total. The zero-order valence-electron chi connectivity index (χ0n) is 15.7. The minimum Gasteiger partial charge on any atom is -0.484 e. The number of amides is 1. The third-order valence-corrected chi connectivity index (χ3v) is 4.79. The first-order chi connectivity index (χ1) is 13.1. The Labute approximate surface area is 159 Å². The van der Waals surface area contributed by atoms with Crippen molar-refractivity contribution in [3.05, 3.63) is 59.4 Å². The summed E-state index contributed by atoms with van der Waals surface area (Å²) in [5, 5.41) is 16.4. The Bertz CT molecular complexity index is 864. The van der Waals surface area contributed by atoms with Crippen molar-refractivity contribution in [2.45, 2.75) is 45.2 Å². The van der Waals surface area contributed by atoms with Crippen molar-refractivity contribution in [3.8, 4) is 11.8 Å². The zero-order chi connectivity index (χ0) is 19.2. The molecule has 1 heterocycles. The maximum atomic E-state index is 12.2. The van der Waals surface area contributed by atoms with Crippen molar-refractivity contribution in [1.29, 1.82) is 5.26 Å². The van der Waals surface area contributed by atoms with Crippen LogP contribution in [0.1, 0.15) is 35.7 Å². The van der Waals surface area contributed by atoms with E-state index in [1.165, 1.54) is 5.56 Å². The number of rotatable bonds is 7. The van der Waals surface area contributed by atoms with Crippen LogP contribution in [0.4, 0.5) is 0 Å². The topological polar surface area (TPSA) is 79.9 Å². The van der Waals surface area contributed by atoms with Crippen molar-refractivity contribution in [2.24, 2.45) is 0 Å². The second-order valence-electron chi connectivity index (χ2n) is 6.72. The van der Waals surface area contributed by atoms with Gasteiger partial charge in [0.15, 0.2) is 6.61 Å². The Morgan fingerprint density at radius 2 is 2.11 bits per heavy atom. The molecule has 0 radical (unpaired) electrons. The molecule has 1 amide bonds. The lowest BCUT2D eigenvalue weighted by atomic mass is 9.96. The van der Waals surface area contributed by atoms with E-state index in [-0.39, 0.29) is 24.5 Å². The summed E-state index contributed by atoms with van der Waals surface area (Å²) in [6.07, 6.45) is 5.43. The van der Waals surface area contributed by atoms with Crippen molar-refractivity contribution in [3.63, 3.8) is 0 Å². The highest BCUT2D eigenvalue weighted by molar-refractivity contribution is 5.78. The molecule has 0 saturated carbocycles. The number of carbonyl (C=O) groups is 1. The fourth-order valence-corrected chi connectivity index (χ4v) is 3.56. The highest BCUT2D eigenvalue weighted by Gasteiger charge is 2.26. The lowest BCUT2D eigenvalue weighted by Gasteiger charge is -2.15. The van der Waals surface area contributed by atoms with Crippen LogP contribution < -0.4 is 10.1 Å². The van der Waals surface area contributed by atoms with Crippen LogP contribution in [0, 0.1) is 25.2 Å². The Balaban J connectivity index is 1.55. The molecule has 1 aromatic heterocycles. The van der Waals surface area contributed by atoms with Crippen LogP contribution in [0.5, 0.6) is 5.75 Å². The van der Waals surface area contributed by atoms with Gasteiger partial charge in [-0.25, -0.2) is 0 Å². The Morgan fingerprint density at radius 1 is 1.33 bits per heavy atom. The van der Waals surface area contributed by atoms with Gasteiger partial charge in [0.25, 0.3) is 5.91 Å². The SMILES string of the molecule is Cc1nn(CCC#N)c(C)c1[C@H]1C=C[C@@H](NC(=O)COc2ccccc2)C1. The van der Waals surface area contributed by atoms with E-state index < -0.39 is 0 Å². The molecule has 0 saturated heterocycles. The summed E-state index contributed by atoms with van der Waals surface area (Å²) in [5.74, 6) is 0.775. The molecule has 1 aromatic carbocycles. The molecule has 2 aromatic rings. The van der Waals surface area contributed by atoms with E-state index in [2.05, 4.69) is 22.6 Å². The minimum absolute atomic E-state index is 0.00314. The maximum absolute atomic E-state index is 12.2. The molecule has 1 aliphatic rings. The molecular formula is C21H24N4O2. The van der Waals surface area contributed by atoms with E-state index >= 15 is 0 Å². The number of hydrogen-bond acceptors (Lipinski definition) is 4. The van der Waals surface area contributed by atoms with Crippen molar-refractivity contribution in [2.75, 3.05) is 6.61 Å². The van der Waals surface area contributed by atoms with Gasteiger partial charge in [0.05, 0.1) is 24.7 Å². The van der Waals surface area contributed by atoms with Gasteiger partial charge in [-0.3, -0.25) is 9.48 Å². The fraction of sp³-hybridized carbons (Fsp3) is 0.381. The number of nitriles is 1. The van der Waals surface area contributed by atoms with Crippen LogP contribution in [0.25, 0.3) is 0 Å². The normalized spacial score (nSPS) is 18.3. The number of hydrogen-bond donors (Lipinski definition) is 1. The quantitative estimate of drug-likeness (QED) is 0.766. The van der Waals surface area contributed by atoms with Crippen LogP contribution in [-0.2, 0) is 11.3 Å². The van der Waals surface area contributed by atoms with E-state index in [4.69, 9.17) is 10.00 Å². The van der Waals surface area contributed by atoms with Gasteiger partial charge in [0, 0.05) is 23.2 Å². The second kappa shape index (κ2) is 8.54. The van der Waals surface area contributed by atoms with E-state index in [0.29, 0.717) is 18.7 Å². The average Bonchev–Trinajstić information content (AvgIpc) is 3.22. The Kier molecular flexibility index (Phi) is 5.92. The highest BCUT2D eigenvalue weighted by Crippen LogP contribution is 2.33. The minimum atomic E-state index is -0.132. The number of allylic oxidation sites excluding steroid dienone is 1. The van der Waals surface area contributed by atoms with E-state index in [1.54, 1.807) is 0 Å². The average molecular weight is 364 g/mol. The molecule has 0 aliphatic heterocycles. The van der Waals surface area contributed by atoms with Gasteiger partial charge in [0.1, 0.15) is 5.75 Å². The number of para-hydroxylation sites is 1. The summed E-state index contributed by atoms with van der Waals surface area (Å²) in [7, 11) is 0. The fourth-order valence-electron chi connectivity index (χ4n) is 3.56. The van der Waals surface area contributed by atoms with Gasteiger partial charge in [-0.05, 0) is 32.4 Å². The van der Waals surface area contributed by atoms with E-state index in [9.17, 15) is 4.79 Å². The van der Waals surface area contributed by atoms with Crippen molar-refractivity contribution < 1.29 is 9.53 Å². The number of carbonyl (C=O) groups excluding carboxylic acids is 1. The predicted molar refractivity (Wildman–Crippen MR) is 102 cm³/mol. The molecular weight excluding hydrogens is 340 g/mol. The first-order valence-electron chi connectivity index (χ1n) is 9.15. The smallest absolute Gasteiger partial charge is 0.258 e. The zero-order valence-corrected chi connectivity index (χ0v) is 15.7. The summed E-state index contributed by atoms with van der Waals surface area (Å²) >= 11 is 0. The summed E-state index contributed by atoms with van der Waals surface area (Å²) < 4.78 is 7.40. The second-order valence-corrected chi connectivity index (χ2v) is 6.72. The summed E-state index contributed by atoms with van der Waals surface area (Å²) in [6.45, 7) is 4.65. The summed E-state index contributed by atoms with van der Waals surface area (Å²) in [6, 6.07) is 11.5. The number of nitrogens with one attached hydrogen (secondary N) is 1. The third-order valence-electron chi connectivity index (χ3n) is 4.79. The van der Waals surface area contributed by atoms with Crippen molar-refractivity contribution in [1.82, 2.24) is 15.1 Å². The predicted octanol–water partition coefficient (Wildman–Crippen LogP) is 3.02. The molecule has 27 heavy (non-hydrogen) atoms. The molecule has 2 atom stereocenters. The molecule has 6 heteroatoms. The summed E-state index contributed by atoms with van der Waals surface area (Å²) in [5.41, 5.74) is 3.28. The standard InChI is InChI=1S/C21H24N4O2/c1-15-21(16(2)25(24-15)12-6-11-22)17-9-10-18(13-17)23-20(26)14-27-19-7-4-3-5-8-19/h3-5,7-10,17-18H,6,12-14H2,1-2H3,(H,23,26)/t17-,18+/m0/s1. The van der Waals surface area contributed by atoms with Gasteiger partial charge in [-0.15, -0.1) is 0 Å². The number of nitrogens with zero attached hydrogens (tertiary/aromatic N) is 3. The molecule has 0 bridgehead atoms. The lowest BCUT2D eigenvalue weighted by molar-refractivity contribution is -0.123. The molecule has 0 unspecified atom stereocenters. The van der Waals surface area contributed by atoms with Gasteiger partial charge >= 0.3 is 0 Å². The van der Waals surface area contributed by atoms with Crippen LogP contribution >= 0.6 is 0 Å². The van der Waals surface area contributed by atoms with Gasteiger partial charge in [0.2, 0.25) is 0 Å². The summed E-state index contributed by atoms with van der Waals surface area (Å²) in [4.78, 5) is 12.2.